The number of nitrogens with zero attached hydrogens (tertiary/aromatic N) is 2. The Labute approximate surface area is 188 Å². The SMILES string of the molecule is Cc1cc(C(=O)Nc2ccc(CN3CCC[C@H]3c3ccc4c(c3)OCCO4)cc2)ccn1. The molecule has 3 heterocycles. The van der Waals surface area contributed by atoms with Crippen LogP contribution in [0.25, 0.3) is 0 Å². The molecule has 1 aromatic heterocycles. The van der Waals surface area contributed by atoms with Crippen molar-refractivity contribution < 1.29 is 14.3 Å². The zero-order chi connectivity index (χ0) is 21.9. The number of likely N-dealkylation sites (tertiary alicyclic amines) is 1. The summed E-state index contributed by atoms with van der Waals surface area (Å²) in [7, 11) is 0. The molecule has 2 aliphatic rings. The van der Waals surface area contributed by atoms with Crippen LogP contribution in [0.1, 0.15) is 46.1 Å². The second-order valence-electron chi connectivity index (χ2n) is 8.37. The third-order valence-electron chi connectivity index (χ3n) is 6.07. The number of hydrogen-bond donors (Lipinski definition) is 1. The van der Waals surface area contributed by atoms with Crippen LogP contribution in [0, 0.1) is 6.92 Å². The highest BCUT2D eigenvalue weighted by Crippen LogP contribution is 2.38. The van der Waals surface area contributed by atoms with E-state index >= 15 is 0 Å². The van der Waals surface area contributed by atoms with Gasteiger partial charge in [0.1, 0.15) is 13.2 Å². The van der Waals surface area contributed by atoms with Crippen molar-refractivity contribution in [1.29, 1.82) is 0 Å². The molecule has 1 saturated heterocycles. The normalized spacial score (nSPS) is 17.8. The Bertz CT molecular complexity index is 1110. The highest BCUT2D eigenvalue weighted by atomic mass is 16.6. The van der Waals surface area contributed by atoms with E-state index in [2.05, 4.69) is 39.5 Å². The number of benzene rings is 2. The molecule has 3 aromatic rings. The molecule has 6 nitrogen and oxygen atoms in total. The topological polar surface area (TPSA) is 63.7 Å². The third kappa shape index (κ3) is 4.46. The third-order valence-corrected chi connectivity index (χ3v) is 6.07. The first-order chi connectivity index (χ1) is 15.7. The van der Waals surface area contributed by atoms with Crippen molar-refractivity contribution >= 4 is 11.6 Å². The molecule has 1 amide bonds. The van der Waals surface area contributed by atoms with Crippen LogP contribution in [0.15, 0.2) is 60.8 Å². The fourth-order valence-corrected chi connectivity index (χ4v) is 4.48. The molecule has 0 unspecified atom stereocenters. The molecule has 1 N–H and O–H groups in total. The van der Waals surface area contributed by atoms with Crippen LogP contribution in [0.5, 0.6) is 11.5 Å². The van der Waals surface area contributed by atoms with Crippen LogP contribution in [0.2, 0.25) is 0 Å². The predicted octanol–water partition coefficient (Wildman–Crippen LogP) is 4.75. The van der Waals surface area contributed by atoms with Crippen molar-refractivity contribution in [3.8, 4) is 11.5 Å². The van der Waals surface area contributed by atoms with E-state index in [0.29, 0.717) is 24.8 Å². The van der Waals surface area contributed by atoms with Crippen molar-refractivity contribution in [2.45, 2.75) is 32.4 Å². The van der Waals surface area contributed by atoms with Crippen molar-refractivity contribution in [3.05, 3.63) is 83.2 Å². The monoisotopic (exact) mass is 429 g/mol. The zero-order valence-electron chi connectivity index (χ0n) is 18.2. The van der Waals surface area contributed by atoms with Gasteiger partial charge in [0.2, 0.25) is 0 Å². The van der Waals surface area contributed by atoms with Crippen LogP contribution >= 0.6 is 0 Å². The van der Waals surface area contributed by atoms with Crippen LogP contribution in [-0.2, 0) is 6.54 Å². The first kappa shape index (κ1) is 20.5. The van der Waals surface area contributed by atoms with E-state index in [1.54, 1.807) is 18.3 Å². The van der Waals surface area contributed by atoms with Gasteiger partial charge in [-0.1, -0.05) is 18.2 Å². The maximum absolute atomic E-state index is 12.5. The van der Waals surface area contributed by atoms with Gasteiger partial charge in [-0.05, 0) is 73.8 Å². The second-order valence-corrected chi connectivity index (χ2v) is 8.37. The van der Waals surface area contributed by atoms with Gasteiger partial charge >= 0.3 is 0 Å². The summed E-state index contributed by atoms with van der Waals surface area (Å²) in [4.78, 5) is 19.1. The van der Waals surface area contributed by atoms with Gasteiger partial charge in [0.25, 0.3) is 5.91 Å². The summed E-state index contributed by atoms with van der Waals surface area (Å²) >= 11 is 0. The van der Waals surface area contributed by atoms with Gasteiger partial charge in [-0.2, -0.15) is 0 Å². The highest BCUT2D eigenvalue weighted by Gasteiger charge is 2.27. The van der Waals surface area contributed by atoms with E-state index in [9.17, 15) is 4.79 Å². The number of nitrogens with one attached hydrogen (secondary N) is 1. The number of fused-ring (bicyclic) bond motifs is 1. The summed E-state index contributed by atoms with van der Waals surface area (Å²) < 4.78 is 11.4. The predicted molar refractivity (Wildman–Crippen MR) is 123 cm³/mol. The Morgan fingerprint density at radius 2 is 1.88 bits per heavy atom. The minimum Gasteiger partial charge on any atom is -0.486 e. The summed E-state index contributed by atoms with van der Waals surface area (Å²) in [5.74, 6) is 1.57. The maximum atomic E-state index is 12.5. The van der Waals surface area contributed by atoms with Crippen molar-refractivity contribution in [1.82, 2.24) is 9.88 Å². The molecule has 0 spiro atoms. The largest absolute Gasteiger partial charge is 0.486 e. The molecule has 0 aliphatic carbocycles. The molecule has 5 rings (SSSR count). The number of pyridine rings is 1. The van der Waals surface area contributed by atoms with Crippen molar-refractivity contribution in [3.63, 3.8) is 0 Å². The summed E-state index contributed by atoms with van der Waals surface area (Å²) in [5, 5.41) is 2.96. The van der Waals surface area contributed by atoms with Gasteiger partial charge in [0.05, 0.1) is 0 Å². The Morgan fingerprint density at radius 1 is 1.06 bits per heavy atom. The van der Waals surface area contributed by atoms with Gasteiger partial charge in [0, 0.05) is 35.7 Å². The number of carbonyl (C=O) groups is 1. The minimum absolute atomic E-state index is 0.124. The van der Waals surface area contributed by atoms with Crippen LogP contribution < -0.4 is 14.8 Å². The Hall–Kier alpha value is -3.38. The number of amides is 1. The van der Waals surface area contributed by atoms with Gasteiger partial charge in [-0.15, -0.1) is 0 Å². The quantitative estimate of drug-likeness (QED) is 0.634. The average molecular weight is 430 g/mol. The lowest BCUT2D eigenvalue weighted by Gasteiger charge is -2.26. The zero-order valence-corrected chi connectivity index (χ0v) is 18.2. The van der Waals surface area contributed by atoms with Gasteiger partial charge in [0.15, 0.2) is 11.5 Å². The first-order valence-electron chi connectivity index (χ1n) is 11.1. The Kier molecular flexibility index (Phi) is 5.77. The molecular weight excluding hydrogens is 402 g/mol. The molecule has 0 radical (unpaired) electrons. The van der Waals surface area contributed by atoms with Crippen LogP contribution in [0.3, 0.4) is 0 Å². The van der Waals surface area contributed by atoms with E-state index in [0.717, 1.165) is 42.4 Å². The summed E-state index contributed by atoms with van der Waals surface area (Å²) in [6.45, 7) is 5.03. The van der Waals surface area contributed by atoms with Crippen molar-refractivity contribution in [2.75, 3.05) is 25.1 Å². The number of rotatable bonds is 5. The number of aromatic nitrogens is 1. The lowest BCUT2D eigenvalue weighted by molar-refractivity contribution is 0.102. The smallest absolute Gasteiger partial charge is 0.255 e. The fraction of sp³-hybridized carbons (Fsp3) is 0.308. The van der Waals surface area contributed by atoms with Crippen LogP contribution in [0.4, 0.5) is 5.69 Å². The first-order valence-corrected chi connectivity index (χ1v) is 11.1. The molecule has 2 aromatic carbocycles. The number of ether oxygens (including phenoxy) is 2. The maximum Gasteiger partial charge on any atom is 0.255 e. The number of aryl methyl sites for hydroxylation is 1. The minimum atomic E-state index is -0.124. The van der Waals surface area contributed by atoms with E-state index in [4.69, 9.17) is 9.47 Å². The Morgan fingerprint density at radius 3 is 2.69 bits per heavy atom. The summed E-state index contributed by atoms with van der Waals surface area (Å²) in [5.41, 5.74) is 4.74. The van der Waals surface area contributed by atoms with Gasteiger partial charge in [-0.25, -0.2) is 0 Å². The van der Waals surface area contributed by atoms with E-state index in [1.165, 1.54) is 17.5 Å². The molecule has 2 aliphatic heterocycles. The summed E-state index contributed by atoms with van der Waals surface area (Å²) in [6, 6.07) is 18.3. The van der Waals surface area contributed by atoms with Crippen molar-refractivity contribution in [2.24, 2.45) is 0 Å². The molecule has 6 heteroatoms. The van der Waals surface area contributed by atoms with Gasteiger partial charge in [-0.3, -0.25) is 14.7 Å². The number of hydrogen-bond acceptors (Lipinski definition) is 5. The lowest BCUT2D eigenvalue weighted by Crippen LogP contribution is -2.23. The molecular formula is C26H27N3O3. The van der Waals surface area contributed by atoms with E-state index < -0.39 is 0 Å². The van der Waals surface area contributed by atoms with E-state index in [1.807, 2.05) is 25.1 Å². The summed E-state index contributed by atoms with van der Waals surface area (Å²) in [6.07, 6.45) is 3.97. The average Bonchev–Trinajstić information content (AvgIpc) is 3.28. The van der Waals surface area contributed by atoms with E-state index in [-0.39, 0.29) is 5.91 Å². The molecule has 0 bridgehead atoms. The number of carbonyl (C=O) groups excluding carboxylic acids is 1. The highest BCUT2D eigenvalue weighted by molar-refractivity contribution is 6.04. The molecule has 32 heavy (non-hydrogen) atoms. The standard InChI is InChI=1S/C26H27N3O3/c1-18-15-21(10-11-27-18)26(30)28-22-7-4-19(5-8-22)17-29-12-2-3-23(29)20-6-9-24-25(16-20)32-14-13-31-24/h4-11,15-16,23H,2-3,12-14,17H2,1H3,(H,28,30)/t23-/m0/s1. The Balaban J connectivity index is 1.24. The van der Waals surface area contributed by atoms with Crippen LogP contribution in [-0.4, -0.2) is 35.5 Å². The molecule has 1 atom stereocenters. The second kappa shape index (κ2) is 9.01. The lowest BCUT2D eigenvalue weighted by atomic mass is 10.0. The molecule has 1 fully saturated rings. The molecule has 164 valence electrons. The fourth-order valence-electron chi connectivity index (χ4n) is 4.48. The van der Waals surface area contributed by atoms with Gasteiger partial charge < -0.3 is 14.8 Å². The number of anilines is 1. The molecule has 0 saturated carbocycles.